The highest BCUT2D eigenvalue weighted by Crippen LogP contribution is 2.39. The Morgan fingerprint density at radius 1 is 0.455 bits per heavy atom. The third-order valence-corrected chi connectivity index (χ3v) is 19.5. The summed E-state index contributed by atoms with van der Waals surface area (Å²) in [7, 11) is -5.22. The van der Waals surface area contributed by atoms with E-state index >= 15 is 0 Å². The Morgan fingerprint density at radius 3 is 0.909 bits per heavy atom. The molecular weight excluding hydrogens is 589 g/mol. The van der Waals surface area contributed by atoms with E-state index in [1.807, 2.05) is 0 Å². The van der Waals surface area contributed by atoms with Crippen molar-refractivity contribution in [3.05, 3.63) is 60.7 Å². The van der Waals surface area contributed by atoms with E-state index < -0.39 is 25.0 Å². The van der Waals surface area contributed by atoms with Crippen LogP contribution in [0, 0.1) is 0 Å². The fourth-order valence-corrected chi connectivity index (χ4v) is 15.4. The highest BCUT2D eigenvalue weighted by atomic mass is 28.4. The van der Waals surface area contributed by atoms with Crippen LogP contribution in [0.15, 0.2) is 60.7 Å². The fraction of sp³-hybridized carbons (Fsp3) is 0.684. The van der Waals surface area contributed by atoms with E-state index in [-0.39, 0.29) is 21.8 Å². The highest BCUT2D eigenvalue weighted by Gasteiger charge is 2.52. The van der Waals surface area contributed by atoms with Gasteiger partial charge in [-0.05, 0) is 115 Å². The van der Waals surface area contributed by atoms with Crippen molar-refractivity contribution in [3.63, 3.8) is 0 Å². The SMILES string of the molecule is CC(C)(C)O[Si](C)(C)C.CC(C)(C)O[Si](c1ccccc1)(c1ccccc1)C(C)(C)C.CC(C)[Si](C)(OC(C)(C)C)C(C)C. The summed E-state index contributed by atoms with van der Waals surface area (Å²) in [4.78, 5) is 0. The van der Waals surface area contributed by atoms with Gasteiger partial charge in [-0.15, -0.1) is 0 Å². The molecule has 0 heterocycles. The van der Waals surface area contributed by atoms with Crippen molar-refractivity contribution in [2.45, 2.75) is 170 Å². The molecular formula is C38H72O3Si3. The third-order valence-electron chi connectivity index (χ3n) is 7.31. The van der Waals surface area contributed by atoms with Gasteiger partial charge in [0.05, 0.1) is 0 Å². The van der Waals surface area contributed by atoms with Gasteiger partial charge in [0.25, 0.3) is 8.32 Å². The van der Waals surface area contributed by atoms with Crippen LogP contribution in [-0.4, -0.2) is 41.8 Å². The lowest BCUT2D eigenvalue weighted by Crippen LogP contribution is -2.68. The Labute approximate surface area is 278 Å². The average molecular weight is 661 g/mol. The second-order valence-electron chi connectivity index (χ2n) is 17.9. The van der Waals surface area contributed by atoms with Gasteiger partial charge in [0.15, 0.2) is 16.6 Å². The van der Waals surface area contributed by atoms with E-state index in [4.69, 9.17) is 13.3 Å². The lowest BCUT2D eigenvalue weighted by Gasteiger charge is -2.46. The molecule has 2 rings (SSSR count). The molecule has 0 N–H and O–H groups in total. The standard InChI is InChI=1S/C20H28OSi.C11H26OSi.C7H18OSi/c1-19(2,3)21-22(20(4,5)6,17-13-9-7-10-14-17)18-15-11-8-12-16-18;1-9(2)13(8,10(3)4)12-11(5,6)7;1-7(2,3)8-9(4,5)6/h7-16H,1-6H3;9-10H,1-8H3;1-6H3. The first-order chi connectivity index (χ1) is 19.5. The molecule has 0 atom stereocenters. The van der Waals surface area contributed by atoms with Crippen LogP contribution >= 0.6 is 0 Å². The molecule has 0 aromatic heterocycles. The first kappa shape index (κ1) is 43.0. The summed E-state index contributed by atoms with van der Waals surface area (Å²) in [6.07, 6.45) is 0. The maximum Gasteiger partial charge on any atom is 0.261 e. The summed E-state index contributed by atoms with van der Waals surface area (Å²) in [6, 6.07) is 21.6. The Hall–Kier alpha value is -1.03. The Bertz CT molecular complexity index is 1000. The minimum Gasteiger partial charge on any atom is -0.413 e. The van der Waals surface area contributed by atoms with Gasteiger partial charge in [-0.25, -0.2) is 0 Å². The quantitative estimate of drug-likeness (QED) is 0.277. The van der Waals surface area contributed by atoms with E-state index in [2.05, 4.69) is 198 Å². The van der Waals surface area contributed by atoms with E-state index in [1.165, 1.54) is 10.4 Å². The normalized spacial score (nSPS) is 13.7. The van der Waals surface area contributed by atoms with Crippen molar-refractivity contribution in [1.82, 2.24) is 0 Å². The molecule has 3 nitrogen and oxygen atoms in total. The second kappa shape index (κ2) is 16.2. The van der Waals surface area contributed by atoms with E-state index in [0.29, 0.717) is 11.1 Å². The third kappa shape index (κ3) is 15.0. The summed E-state index contributed by atoms with van der Waals surface area (Å²) in [5.74, 6) is 0. The molecule has 44 heavy (non-hydrogen) atoms. The molecule has 0 fully saturated rings. The van der Waals surface area contributed by atoms with Crippen LogP contribution in [0.4, 0.5) is 0 Å². The molecule has 2 aromatic carbocycles. The van der Waals surface area contributed by atoms with Crippen LogP contribution in [0.3, 0.4) is 0 Å². The number of hydrogen-bond acceptors (Lipinski definition) is 3. The molecule has 0 saturated carbocycles. The van der Waals surface area contributed by atoms with Crippen LogP contribution in [0.1, 0.15) is 111 Å². The van der Waals surface area contributed by atoms with Gasteiger partial charge >= 0.3 is 0 Å². The maximum absolute atomic E-state index is 6.90. The molecule has 0 aliphatic rings. The van der Waals surface area contributed by atoms with Crippen LogP contribution in [0.25, 0.3) is 0 Å². The van der Waals surface area contributed by atoms with Crippen LogP contribution < -0.4 is 10.4 Å². The topological polar surface area (TPSA) is 27.7 Å². The zero-order valence-corrected chi connectivity index (χ0v) is 35.7. The molecule has 6 heteroatoms. The first-order valence-electron chi connectivity index (χ1n) is 16.7. The maximum atomic E-state index is 6.90. The Balaban J connectivity index is 0.000000714. The van der Waals surface area contributed by atoms with Crippen molar-refractivity contribution in [2.24, 2.45) is 0 Å². The van der Waals surface area contributed by atoms with Crippen molar-refractivity contribution >= 4 is 35.3 Å². The zero-order chi connectivity index (χ0) is 35.0. The molecule has 0 radical (unpaired) electrons. The summed E-state index contributed by atoms with van der Waals surface area (Å²) < 4.78 is 19.0. The molecule has 0 aliphatic heterocycles. The van der Waals surface area contributed by atoms with Crippen molar-refractivity contribution in [1.29, 1.82) is 0 Å². The van der Waals surface area contributed by atoms with Crippen molar-refractivity contribution < 1.29 is 13.3 Å². The Kier molecular flexibility index (Phi) is 15.8. The van der Waals surface area contributed by atoms with Crippen LogP contribution in [0.2, 0.25) is 42.3 Å². The van der Waals surface area contributed by atoms with Crippen LogP contribution in [0.5, 0.6) is 0 Å². The first-order valence-corrected chi connectivity index (χ1v) is 24.6. The summed E-state index contributed by atoms with van der Waals surface area (Å²) in [5.41, 5.74) is 1.24. The predicted octanol–water partition coefficient (Wildman–Crippen LogP) is 11.2. The van der Waals surface area contributed by atoms with Crippen molar-refractivity contribution in [3.8, 4) is 0 Å². The van der Waals surface area contributed by atoms with E-state index in [9.17, 15) is 0 Å². The van der Waals surface area contributed by atoms with Crippen LogP contribution in [-0.2, 0) is 13.3 Å². The van der Waals surface area contributed by atoms with Gasteiger partial charge in [0.2, 0.25) is 0 Å². The predicted molar refractivity (Wildman–Crippen MR) is 205 cm³/mol. The molecule has 0 spiro atoms. The number of rotatable bonds is 7. The van der Waals surface area contributed by atoms with Gasteiger partial charge in [-0.2, -0.15) is 0 Å². The molecule has 0 unspecified atom stereocenters. The molecule has 0 amide bonds. The number of hydrogen-bond donors (Lipinski definition) is 0. The smallest absolute Gasteiger partial charge is 0.261 e. The summed E-state index contributed by atoms with van der Waals surface area (Å²) in [6.45, 7) is 44.3. The molecule has 0 bridgehead atoms. The minimum absolute atomic E-state index is 0.00944. The molecule has 0 saturated heterocycles. The highest BCUT2D eigenvalue weighted by molar-refractivity contribution is 6.99. The minimum atomic E-state index is -2.38. The van der Waals surface area contributed by atoms with Gasteiger partial charge in [-0.3, -0.25) is 0 Å². The second-order valence-corrected chi connectivity index (χ2v) is 31.4. The zero-order valence-electron chi connectivity index (χ0n) is 32.7. The Morgan fingerprint density at radius 2 is 0.750 bits per heavy atom. The largest absolute Gasteiger partial charge is 0.413 e. The van der Waals surface area contributed by atoms with Gasteiger partial charge < -0.3 is 13.3 Å². The lowest BCUT2D eigenvalue weighted by atomic mass is 10.2. The molecule has 254 valence electrons. The summed E-state index contributed by atoms with van der Waals surface area (Å²) >= 11 is 0. The van der Waals surface area contributed by atoms with Gasteiger partial charge in [-0.1, -0.05) is 109 Å². The van der Waals surface area contributed by atoms with Crippen molar-refractivity contribution in [2.75, 3.05) is 0 Å². The monoisotopic (exact) mass is 660 g/mol. The lowest BCUT2D eigenvalue weighted by molar-refractivity contribution is 0.112. The van der Waals surface area contributed by atoms with E-state index in [0.717, 1.165) is 0 Å². The number of benzene rings is 2. The molecule has 2 aromatic rings. The average Bonchev–Trinajstić information content (AvgIpc) is 2.79. The fourth-order valence-electron chi connectivity index (χ4n) is 5.59. The molecule has 0 aliphatic carbocycles. The van der Waals surface area contributed by atoms with E-state index in [1.54, 1.807) is 0 Å². The summed E-state index contributed by atoms with van der Waals surface area (Å²) in [5, 5.41) is 2.72. The van der Waals surface area contributed by atoms with Gasteiger partial charge in [0.1, 0.15) is 0 Å². The van der Waals surface area contributed by atoms with Gasteiger partial charge in [0, 0.05) is 16.8 Å².